The van der Waals surface area contributed by atoms with Gasteiger partial charge in [-0.15, -0.1) is 0 Å². The Morgan fingerprint density at radius 1 is 1.12 bits per heavy atom. The average Bonchev–Trinajstić information content (AvgIpc) is 3.40. The Morgan fingerprint density at radius 2 is 1.88 bits per heavy atom. The predicted octanol–water partition coefficient (Wildman–Crippen LogP) is 4.56. The first-order valence-corrected chi connectivity index (χ1v) is 12.9. The summed E-state index contributed by atoms with van der Waals surface area (Å²) >= 11 is 1.64. The first-order valence-electron chi connectivity index (χ1n) is 11.9. The van der Waals surface area contributed by atoms with Gasteiger partial charge in [0.2, 0.25) is 0 Å². The van der Waals surface area contributed by atoms with Crippen LogP contribution in [-0.2, 0) is 12.3 Å². The van der Waals surface area contributed by atoms with Crippen LogP contribution in [0, 0.1) is 0 Å². The number of carbonyl (C=O) groups excluding carboxylic acids is 1. The minimum absolute atomic E-state index is 0.114. The summed E-state index contributed by atoms with van der Waals surface area (Å²) < 4.78 is 5.26. The molecule has 8 heteroatoms. The highest BCUT2D eigenvalue weighted by Crippen LogP contribution is 2.26. The molecule has 1 amide bonds. The molecule has 0 aliphatic carbocycles. The molecule has 1 saturated heterocycles. The van der Waals surface area contributed by atoms with Crippen molar-refractivity contribution in [2.75, 3.05) is 37.6 Å². The number of hydrogen-bond donors (Lipinski definition) is 1. The molecule has 34 heavy (non-hydrogen) atoms. The maximum Gasteiger partial charge on any atom is 0.251 e. The number of benzene rings is 1. The first kappa shape index (κ1) is 24.3. The third-order valence-corrected chi connectivity index (χ3v) is 6.95. The lowest BCUT2D eigenvalue weighted by atomic mass is 10.1. The fourth-order valence-corrected chi connectivity index (χ4v) is 4.64. The van der Waals surface area contributed by atoms with Gasteiger partial charge in [-0.1, -0.05) is 44.7 Å². The molecular weight excluding hydrogens is 446 g/mol. The molecule has 1 N–H and O–H groups in total. The van der Waals surface area contributed by atoms with Crippen molar-refractivity contribution in [2.45, 2.75) is 44.1 Å². The summed E-state index contributed by atoms with van der Waals surface area (Å²) in [5.41, 5.74) is 2.84. The number of furan rings is 1. The number of nitrogens with one attached hydrogen (secondary N) is 1. The Bertz CT molecular complexity index is 1060. The van der Waals surface area contributed by atoms with Gasteiger partial charge in [0.05, 0.1) is 12.8 Å². The van der Waals surface area contributed by atoms with E-state index in [2.05, 4.69) is 42.0 Å². The molecule has 0 spiro atoms. The van der Waals surface area contributed by atoms with Gasteiger partial charge < -0.3 is 19.5 Å². The van der Waals surface area contributed by atoms with E-state index in [-0.39, 0.29) is 5.91 Å². The van der Waals surface area contributed by atoms with E-state index in [1.807, 2.05) is 36.4 Å². The van der Waals surface area contributed by atoms with E-state index >= 15 is 0 Å². The third kappa shape index (κ3) is 6.39. The molecule has 7 nitrogen and oxygen atoms in total. The number of piperazine rings is 1. The lowest BCUT2D eigenvalue weighted by Gasteiger charge is -2.35. The van der Waals surface area contributed by atoms with E-state index in [0.717, 1.165) is 66.5 Å². The zero-order valence-electron chi connectivity index (χ0n) is 20.2. The molecule has 0 unspecified atom stereocenters. The summed E-state index contributed by atoms with van der Waals surface area (Å²) in [5, 5.41) is 3.68. The van der Waals surface area contributed by atoms with E-state index in [9.17, 15) is 4.79 Å². The average molecular weight is 480 g/mol. The van der Waals surface area contributed by atoms with Crippen molar-refractivity contribution in [3.8, 4) is 0 Å². The molecule has 0 radical (unpaired) electrons. The molecule has 1 aromatic carbocycles. The maximum absolute atomic E-state index is 12.4. The predicted molar refractivity (Wildman–Crippen MR) is 136 cm³/mol. The summed E-state index contributed by atoms with van der Waals surface area (Å²) in [7, 11) is 0. The van der Waals surface area contributed by atoms with E-state index in [1.54, 1.807) is 18.0 Å². The molecular formula is C26H33N5O2S. The molecule has 1 aliphatic rings. The fraction of sp³-hybridized carbons (Fsp3) is 0.423. The van der Waals surface area contributed by atoms with Gasteiger partial charge in [-0.3, -0.25) is 4.79 Å². The number of nitrogens with zero attached hydrogens (tertiary/aromatic N) is 4. The Kier molecular flexibility index (Phi) is 8.24. The molecule has 180 valence electrons. The van der Waals surface area contributed by atoms with E-state index < -0.39 is 0 Å². The van der Waals surface area contributed by atoms with Crippen molar-refractivity contribution in [3.63, 3.8) is 0 Å². The molecule has 0 saturated carbocycles. The van der Waals surface area contributed by atoms with Crippen molar-refractivity contribution in [1.82, 2.24) is 20.2 Å². The van der Waals surface area contributed by atoms with Crippen LogP contribution in [0.2, 0.25) is 0 Å². The number of thioether (sulfide) groups is 1. The van der Waals surface area contributed by atoms with Crippen LogP contribution in [0.25, 0.3) is 0 Å². The topological polar surface area (TPSA) is 74.5 Å². The normalized spacial score (nSPS) is 14.5. The van der Waals surface area contributed by atoms with Crippen LogP contribution in [0.4, 0.5) is 5.82 Å². The van der Waals surface area contributed by atoms with E-state index in [4.69, 9.17) is 14.4 Å². The highest BCUT2D eigenvalue weighted by molar-refractivity contribution is 7.98. The van der Waals surface area contributed by atoms with Gasteiger partial charge in [-0.2, -0.15) is 0 Å². The highest BCUT2D eigenvalue weighted by atomic mass is 32.2. The molecule has 1 aliphatic heterocycles. The van der Waals surface area contributed by atoms with Crippen LogP contribution in [0.3, 0.4) is 0 Å². The molecule has 2 aromatic heterocycles. The van der Waals surface area contributed by atoms with Gasteiger partial charge in [0.1, 0.15) is 11.6 Å². The molecule has 0 bridgehead atoms. The van der Waals surface area contributed by atoms with Crippen LogP contribution in [-0.4, -0.2) is 53.5 Å². The summed E-state index contributed by atoms with van der Waals surface area (Å²) in [6.45, 7) is 12.2. The van der Waals surface area contributed by atoms with Crippen molar-refractivity contribution < 1.29 is 9.21 Å². The van der Waals surface area contributed by atoms with Gasteiger partial charge in [-0.05, 0) is 42.3 Å². The summed E-state index contributed by atoms with van der Waals surface area (Å²) in [4.78, 5) is 26.9. The molecule has 4 rings (SSSR count). The summed E-state index contributed by atoms with van der Waals surface area (Å²) in [5.74, 6) is 2.74. The van der Waals surface area contributed by atoms with Crippen molar-refractivity contribution >= 4 is 23.5 Å². The van der Waals surface area contributed by atoms with Crippen LogP contribution < -0.4 is 10.2 Å². The standard InChI is InChI=1S/C26H33N5O2S/c1-4-30-11-13-31(14-12-30)24-16-23(19(2)3)28-26(29-24)34-18-20-7-9-21(10-8-20)25(32)27-17-22-6-5-15-33-22/h5-10,15-16,19H,4,11-14,17-18H2,1-3H3,(H,27,32). The van der Waals surface area contributed by atoms with Crippen molar-refractivity contribution in [3.05, 3.63) is 71.3 Å². The number of amides is 1. The Balaban J connectivity index is 1.37. The zero-order chi connectivity index (χ0) is 23.9. The number of carbonyl (C=O) groups is 1. The SMILES string of the molecule is CCN1CCN(c2cc(C(C)C)nc(SCc3ccc(C(=O)NCc4ccco4)cc3)n2)CC1. The van der Waals surface area contributed by atoms with Crippen LogP contribution in [0.5, 0.6) is 0 Å². The zero-order valence-corrected chi connectivity index (χ0v) is 21.0. The van der Waals surface area contributed by atoms with E-state index in [0.29, 0.717) is 18.0 Å². The quantitative estimate of drug-likeness (QED) is 0.356. The second kappa shape index (κ2) is 11.5. The number of anilines is 1. The van der Waals surface area contributed by atoms with Gasteiger partial charge >= 0.3 is 0 Å². The number of likely N-dealkylation sites (N-methyl/N-ethyl adjacent to an activating group) is 1. The molecule has 3 aromatic rings. The fourth-order valence-electron chi connectivity index (χ4n) is 3.83. The van der Waals surface area contributed by atoms with Gasteiger partial charge in [0.15, 0.2) is 5.16 Å². The Morgan fingerprint density at radius 3 is 2.53 bits per heavy atom. The van der Waals surface area contributed by atoms with Crippen molar-refractivity contribution in [1.29, 1.82) is 0 Å². The highest BCUT2D eigenvalue weighted by Gasteiger charge is 2.19. The van der Waals surface area contributed by atoms with Crippen LogP contribution in [0.1, 0.15) is 54.1 Å². The largest absolute Gasteiger partial charge is 0.467 e. The maximum atomic E-state index is 12.4. The number of hydrogen-bond acceptors (Lipinski definition) is 7. The van der Waals surface area contributed by atoms with Crippen molar-refractivity contribution in [2.24, 2.45) is 0 Å². The molecule has 3 heterocycles. The van der Waals surface area contributed by atoms with E-state index in [1.165, 1.54) is 0 Å². The van der Waals surface area contributed by atoms with Crippen LogP contribution in [0.15, 0.2) is 58.3 Å². The van der Waals surface area contributed by atoms with Crippen LogP contribution >= 0.6 is 11.8 Å². The summed E-state index contributed by atoms with van der Waals surface area (Å²) in [6, 6.07) is 13.5. The Hall–Kier alpha value is -2.84. The minimum Gasteiger partial charge on any atom is -0.467 e. The lowest BCUT2D eigenvalue weighted by Crippen LogP contribution is -2.46. The van der Waals surface area contributed by atoms with Gasteiger partial charge in [-0.25, -0.2) is 9.97 Å². The Labute approximate surface area is 206 Å². The lowest BCUT2D eigenvalue weighted by molar-refractivity contribution is 0.0948. The number of aromatic nitrogens is 2. The third-order valence-electron chi connectivity index (χ3n) is 6.03. The van der Waals surface area contributed by atoms with Gasteiger partial charge in [0, 0.05) is 49.3 Å². The smallest absolute Gasteiger partial charge is 0.251 e. The van der Waals surface area contributed by atoms with Gasteiger partial charge in [0.25, 0.3) is 5.91 Å². The monoisotopic (exact) mass is 479 g/mol. The first-order chi connectivity index (χ1) is 16.5. The summed E-state index contributed by atoms with van der Waals surface area (Å²) in [6.07, 6.45) is 1.60. The molecule has 1 fully saturated rings. The molecule has 0 atom stereocenters. The number of rotatable bonds is 9. The minimum atomic E-state index is -0.114. The second-order valence-corrected chi connectivity index (χ2v) is 9.70. The second-order valence-electron chi connectivity index (χ2n) is 8.76.